The molecule has 114 valence electrons. The number of rotatable bonds is 7. The summed E-state index contributed by atoms with van der Waals surface area (Å²) in [5.41, 5.74) is 1.84. The Morgan fingerprint density at radius 3 is 2.33 bits per heavy atom. The molecule has 0 spiro atoms. The third kappa shape index (κ3) is 4.18. The summed E-state index contributed by atoms with van der Waals surface area (Å²) in [4.78, 5) is 18.1. The molecule has 0 saturated heterocycles. The number of hydrogen-bond donors (Lipinski definition) is 1. The van der Waals surface area contributed by atoms with Crippen molar-refractivity contribution in [3.63, 3.8) is 0 Å². The molecule has 0 saturated carbocycles. The van der Waals surface area contributed by atoms with Crippen LogP contribution in [0.4, 0.5) is 0 Å². The summed E-state index contributed by atoms with van der Waals surface area (Å²) in [6.45, 7) is 11.2. The topological polar surface area (TPSA) is 36.1 Å². The van der Waals surface area contributed by atoms with Gasteiger partial charge in [0.2, 0.25) is 0 Å². The van der Waals surface area contributed by atoms with Gasteiger partial charge >= 0.3 is 0 Å². The first kappa shape index (κ1) is 15.8. The van der Waals surface area contributed by atoms with Gasteiger partial charge in [-0.2, -0.15) is 0 Å². The molecule has 0 aliphatic rings. The summed E-state index contributed by atoms with van der Waals surface area (Å²) >= 11 is 0. The van der Waals surface area contributed by atoms with E-state index in [1.807, 2.05) is 30.5 Å². The molecule has 2 aromatic rings. The number of carbonyl (C=O) groups excluding carboxylic acids is 1. The summed E-state index contributed by atoms with van der Waals surface area (Å²) in [6, 6.07) is 7.98. The number of aromatic nitrogens is 1. The predicted molar refractivity (Wildman–Crippen MR) is 88.7 cm³/mol. The van der Waals surface area contributed by atoms with Crippen molar-refractivity contribution in [1.82, 2.24) is 9.88 Å². The summed E-state index contributed by atoms with van der Waals surface area (Å²) in [6.07, 6.45) is 1.84. The van der Waals surface area contributed by atoms with E-state index in [-0.39, 0.29) is 5.78 Å². The largest absolute Gasteiger partial charge is 0.360 e. The molecule has 0 radical (unpaired) electrons. The average molecular weight is 286 g/mol. The Kier molecular flexibility index (Phi) is 5.18. The number of aromatic amines is 1. The van der Waals surface area contributed by atoms with Crippen LogP contribution in [-0.2, 0) is 0 Å². The lowest BCUT2D eigenvalue weighted by molar-refractivity contribution is 0.0914. The number of H-pyrrole nitrogens is 1. The molecule has 0 unspecified atom stereocenters. The van der Waals surface area contributed by atoms with E-state index in [0.717, 1.165) is 29.6 Å². The van der Waals surface area contributed by atoms with E-state index in [1.165, 1.54) is 0 Å². The van der Waals surface area contributed by atoms with Crippen molar-refractivity contribution in [1.29, 1.82) is 0 Å². The van der Waals surface area contributed by atoms with Gasteiger partial charge in [0.1, 0.15) is 0 Å². The van der Waals surface area contributed by atoms with Gasteiger partial charge in [-0.3, -0.25) is 9.69 Å². The number of carbonyl (C=O) groups is 1. The first-order chi connectivity index (χ1) is 9.97. The molecule has 0 aliphatic carbocycles. The first-order valence-corrected chi connectivity index (χ1v) is 7.79. The Balaban J connectivity index is 2.14. The van der Waals surface area contributed by atoms with Gasteiger partial charge in [0, 0.05) is 35.8 Å². The van der Waals surface area contributed by atoms with Crippen molar-refractivity contribution < 1.29 is 4.79 Å². The average Bonchev–Trinajstić information content (AvgIpc) is 2.80. The fourth-order valence-corrected chi connectivity index (χ4v) is 2.83. The molecule has 21 heavy (non-hydrogen) atoms. The van der Waals surface area contributed by atoms with Gasteiger partial charge < -0.3 is 4.98 Å². The highest BCUT2D eigenvalue weighted by atomic mass is 16.1. The van der Waals surface area contributed by atoms with Crippen molar-refractivity contribution in [2.24, 2.45) is 11.8 Å². The minimum Gasteiger partial charge on any atom is -0.360 e. The zero-order valence-corrected chi connectivity index (χ0v) is 13.5. The van der Waals surface area contributed by atoms with Crippen molar-refractivity contribution >= 4 is 16.7 Å². The van der Waals surface area contributed by atoms with Crippen molar-refractivity contribution in [2.75, 3.05) is 19.6 Å². The maximum atomic E-state index is 12.6. The molecule has 0 atom stereocenters. The maximum Gasteiger partial charge on any atom is 0.178 e. The lowest BCUT2D eigenvalue weighted by Crippen LogP contribution is -2.35. The van der Waals surface area contributed by atoms with Crippen LogP contribution in [0.5, 0.6) is 0 Å². The fourth-order valence-electron chi connectivity index (χ4n) is 2.83. The van der Waals surface area contributed by atoms with Crippen LogP contribution in [0.2, 0.25) is 0 Å². The van der Waals surface area contributed by atoms with Gasteiger partial charge in [-0.25, -0.2) is 0 Å². The normalized spacial score (nSPS) is 12.0. The zero-order chi connectivity index (χ0) is 15.4. The minimum atomic E-state index is 0.203. The van der Waals surface area contributed by atoms with E-state index in [9.17, 15) is 4.79 Å². The van der Waals surface area contributed by atoms with E-state index < -0.39 is 0 Å². The molecule has 3 heteroatoms. The third-order valence-corrected chi connectivity index (χ3v) is 3.50. The number of hydrogen-bond acceptors (Lipinski definition) is 2. The van der Waals surface area contributed by atoms with E-state index >= 15 is 0 Å². The van der Waals surface area contributed by atoms with Crippen LogP contribution in [0, 0.1) is 11.8 Å². The molecule has 3 nitrogen and oxygen atoms in total. The summed E-state index contributed by atoms with van der Waals surface area (Å²) in [5.74, 6) is 1.34. The molecule has 0 bridgehead atoms. The molecule has 2 rings (SSSR count). The number of nitrogens with one attached hydrogen (secondary N) is 1. The van der Waals surface area contributed by atoms with Gasteiger partial charge in [-0.15, -0.1) is 0 Å². The summed E-state index contributed by atoms with van der Waals surface area (Å²) < 4.78 is 0. The second-order valence-electron chi connectivity index (χ2n) is 6.65. The quantitative estimate of drug-likeness (QED) is 0.782. The number of para-hydroxylation sites is 1. The number of Topliss-reactive ketones (excluding diaryl/α,β-unsaturated/α-hetero) is 1. The molecule has 1 aromatic carbocycles. The van der Waals surface area contributed by atoms with Crippen LogP contribution in [0.15, 0.2) is 30.5 Å². The molecule has 1 N–H and O–H groups in total. The van der Waals surface area contributed by atoms with E-state index in [2.05, 4.69) is 37.6 Å². The van der Waals surface area contributed by atoms with Crippen LogP contribution >= 0.6 is 0 Å². The Hall–Kier alpha value is -1.61. The summed E-state index contributed by atoms with van der Waals surface area (Å²) in [5, 5.41) is 1.02. The standard InChI is InChI=1S/C18H26N2O/c1-13(2)10-20(11-14(3)4)12-18(21)16-9-19-17-8-6-5-7-15(16)17/h5-9,13-14,19H,10-12H2,1-4H3. The van der Waals surface area contributed by atoms with Gasteiger partial charge in [0.25, 0.3) is 0 Å². The molecule has 1 aromatic heterocycles. The van der Waals surface area contributed by atoms with Gasteiger partial charge in [-0.05, 0) is 17.9 Å². The van der Waals surface area contributed by atoms with Crippen molar-refractivity contribution in [3.05, 3.63) is 36.0 Å². The van der Waals surface area contributed by atoms with Gasteiger partial charge in [0.15, 0.2) is 5.78 Å². The molecule has 0 fully saturated rings. The maximum absolute atomic E-state index is 12.6. The van der Waals surface area contributed by atoms with Crippen LogP contribution in [-0.4, -0.2) is 35.3 Å². The monoisotopic (exact) mass is 286 g/mol. The Morgan fingerprint density at radius 2 is 1.71 bits per heavy atom. The molecule has 1 heterocycles. The second-order valence-corrected chi connectivity index (χ2v) is 6.65. The number of nitrogens with zero attached hydrogens (tertiary/aromatic N) is 1. The van der Waals surface area contributed by atoms with Crippen molar-refractivity contribution in [3.8, 4) is 0 Å². The van der Waals surface area contributed by atoms with Gasteiger partial charge in [0.05, 0.1) is 6.54 Å². The number of fused-ring (bicyclic) bond motifs is 1. The second kappa shape index (κ2) is 6.90. The number of ketones is 1. The Labute approximate surface area is 127 Å². The highest BCUT2D eigenvalue weighted by molar-refractivity contribution is 6.08. The summed E-state index contributed by atoms with van der Waals surface area (Å²) in [7, 11) is 0. The van der Waals surface area contributed by atoms with E-state index in [1.54, 1.807) is 0 Å². The van der Waals surface area contributed by atoms with Crippen LogP contribution in [0.25, 0.3) is 10.9 Å². The number of benzene rings is 1. The lowest BCUT2D eigenvalue weighted by Gasteiger charge is -2.25. The predicted octanol–water partition coefficient (Wildman–Crippen LogP) is 3.96. The van der Waals surface area contributed by atoms with Crippen LogP contribution in [0.1, 0.15) is 38.1 Å². The molecule has 0 amide bonds. The zero-order valence-electron chi connectivity index (χ0n) is 13.5. The minimum absolute atomic E-state index is 0.203. The highest BCUT2D eigenvalue weighted by Gasteiger charge is 2.17. The fraction of sp³-hybridized carbons (Fsp3) is 0.500. The van der Waals surface area contributed by atoms with E-state index in [4.69, 9.17) is 0 Å². The van der Waals surface area contributed by atoms with Crippen LogP contribution in [0.3, 0.4) is 0 Å². The smallest absolute Gasteiger partial charge is 0.178 e. The van der Waals surface area contributed by atoms with E-state index in [0.29, 0.717) is 18.4 Å². The highest BCUT2D eigenvalue weighted by Crippen LogP contribution is 2.18. The van der Waals surface area contributed by atoms with Gasteiger partial charge in [-0.1, -0.05) is 45.9 Å². The Morgan fingerprint density at radius 1 is 1.10 bits per heavy atom. The van der Waals surface area contributed by atoms with Crippen LogP contribution < -0.4 is 0 Å². The first-order valence-electron chi connectivity index (χ1n) is 7.79. The molecule has 0 aliphatic heterocycles. The SMILES string of the molecule is CC(C)CN(CC(=O)c1c[nH]c2ccccc12)CC(C)C. The third-order valence-electron chi connectivity index (χ3n) is 3.50. The Bertz CT molecular complexity index is 588. The lowest BCUT2D eigenvalue weighted by atomic mass is 10.1. The molecular weight excluding hydrogens is 260 g/mol. The molecular formula is C18H26N2O. The van der Waals surface area contributed by atoms with Crippen molar-refractivity contribution in [2.45, 2.75) is 27.7 Å².